The van der Waals surface area contributed by atoms with E-state index in [1.54, 1.807) is 0 Å². The smallest absolute Gasteiger partial charge is 0.220 e. The monoisotopic (exact) mass is 254 g/mol. The minimum absolute atomic E-state index is 0. The van der Waals surface area contributed by atoms with E-state index in [0.717, 1.165) is 18.8 Å². The van der Waals surface area contributed by atoms with Crippen molar-refractivity contribution in [2.24, 2.45) is 5.92 Å². The lowest BCUT2D eigenvalue weighted by Gasteiger charge is -2.42. The zero-order chi connectivity index (χ0) is 11.1. The zero-order valence-corrected chi connectivity index (χ0v) is 10.9. The molecule has 5 heteroatoms. The largest absolute Gasteiger partial charge is 0.368 e. The number of nitrogens with zero attached hydrogens (tertiary/aromatic N) is 3. The van der Waals surface area contributed by atoms with Crippen molar-refractivity contribution < 1.29 is 0 Å². The van der Waals surface area contributed by atoms with Crippen molar-refractivity contribution in [2.75, 3.05) is 19.3 Å². The molecule has 2 unspecified atom stereocenters. The number of likely N-dealkylation sites (tertiary alicyclic amines) is 1. The molecule has 0 radical (unpaired) electrons. The van der Waals surface area contributed by atoms with Crippen molar-refractivity contribution >= 4 is 18.4 Å². The van der Waals surface area contributed by atoms with Gasteiger partial charge in [-0.15, -0.1) is 12.4 Å². The van der Waals surface area contributed by atoms with E-state index in [1.807, 2.05) is 6.20 Å². The fraction of sp³-hybridized carbons (Fsp3) is 0.667. The Kier molecular flexibility index (Phi) is 3.54. The van der Waals surface area contributed by atoms with Gasteiger partial charge in [-0.2, -0.15) is 0 Å². The molecule has 1 aromatic rings. The highest BCUT2D eigenvalue weighted by Crippen LogP contribution is 2.33. The number of hydrogen-bond acceptors (Lipinski definition) is 4. The van der Waals surface area contributed by atoms with E-state index in [0.29, 0.717) is 12.0 Å². The first-order valence-corrected chi connectivity index (χ1v) is 6.04. The average molecular weight is 255 g/mol. The van der Waals surface area contributed by atoms with Crippen molar-refractivity contribution in [2.45, 2.75) is 31.7 Å². The fourth-order valence-corrected chi connectivity index (χ4v) is 3.16. The highest BCUT2D eigenvalue weighted by molar-refractivity contribution is 5.85. The SMILES string of the molecule is CN1CCCC2Cc3nc(N)ncc3CC21.Cl. The van der Waals surface area contributed by atoms with Gasteiger partial charge in [-0.3, -0.25) is 0 Å². The summed E-state index contributed by atoms with van der Waals surface area (Å²) in [6.45, 7) is 1.23. The van der Waals surface area contributed by atoms with E-state index in [9.17, 15) is 0 Å². The van der Waals surface area contributed by atoms with E-state index in [4.69, 9.17) is 5.73 Å². The summed E-state index contributed by atoms with van der Waals surface area (Å²) in [6, 6.07) is 0.688. The van der Waals surface area contributed by atoms with E-state index in [2.05, 4.69) is 21.9 Å². The lowest BCUT2D eigenvalue weighted by atomic mass is 9.77. The van der Waals surface area contributed by atoms with Crippen molar-refractivity contribution in [3.63, 3.8) is 0 Å². The van der Waals surface area contributed by atoms with Gasteiger partial charge in [0.05, 0.1) is 0 Å². The van der Waals surface area contributed by atoms with Crippen LogP contribution in [0.4, 0.5) is 5.95 Å². The third kappa shape index (κ3) is 2.24. The van der Waals surface area contributed by atoms with Gasteiger partial charge in [-0.05, 0) is 50.8 Å². The maximum Gasteiger partial charge on any atom is 0.220 e. The summed E-state index contributed by atoms with van der Waals surface area (Å²) in [5.74, 6) is 1.18. The number of likely N-dealkylation sites (N-methyl/N-ethyl adjacent to an activating group) is 1. The summed E-state index contributed by atoms with van der Waals surface area (Å²) in [6.07, 6.45) is 6.73. The molecule has 2 aliphatic rings. The summed E-state index contributed by atoms with van der Waals surface area (Å²) in [7, 11) is 2.24. The molecule has 1 aliphatic heterocycles. The Morgan fingerprint density at radius 3 is 3.06 bits per heavy atom. The predicted molar refractivity (Wildman–Crippen MR) is 70.2 cm³/mol. The average Bonchev–Trinajstić information content (AvgIpc) is 2.27. The third-order valence-electron chi connectivity index (χ3n) is 4.05. The van der Waals surface area contributed by atoms with Gasteiger partial charge < -0.3 is 10.6 Å². The Hall–Kier alpha value is -0.870. The minimum Gasteiger partial charge on any atom is -0.368 e. The first-order chi connectivity index (χ1) is 7.74. The number of rotatable bonds is 0. The highest BCUT2D eigenvalue weighted by atomic mass is 35.5. The van der Waals surface area contributed by atoms with Crippen LogP contribution in [0.1, 0.15) is 24.1 Å². The lowest BCUT2D eigenvalue weighted by molar-refractivity contribution is 0.111. The Morgan fingerprint density at radius 1 is 1.41 bits per heavy atom. The molecule has 1 aromatic heterocycles. The normalized spacial score (nSPS) is 27.8. The van der Waals surface area contributed by atoms with Gasteiger partial charge in [0, 0.05) is 17.9 Å². The summed E-state index contributed by atoms with van der Waals surface area (Å²) < 4.78 is 0. The van der Waals surface area contributed by atoms with Crippen LogP contribution >= 0.6 is 12.4 Å². The van der Waals surface area contributed by atoms with E-state index in [-0.39, 0.29) is 12.4 Å². The second-order valence-corrected chi connectivity index (χ2v) is 5.06. The molecule has 3 rings (SSSR count). The van der Waals surface area contributed by atoms with Crippen LogP contribution in [0.15, 0.2) is 6.20 Å². The van der Waals surface area contributed by atoms with Gasteiger partial charge in [-0.1, -0.05) is 0 Å². The molecule has 1 aliphatic carbocycles. The van der Waals surface area contributed by atoms with Gasteiger partial charge in [0.1, 0.15) is 0 Å². The van der Waals surface area contributed by atoms with Gasteiger partial charge in [0.15, 0.2) is 0 Å². The predicted octanol–water partition coefficient (Wildman–Crippen LogP) is 1.29. The number of nitrogens with two attached hydrogens (primary N) is 1. The summed E-state index contributed by atoms with van der Waals surface area (Å²) in [4.78, 5) is 11.0. The van der Waals surface area contributed by atoms with Crippen molar-refractivity contribution in [3.05, 3.63) is 17.5 Å². The molecule has 0 saturated carbocycles. The molecule has 4 nitrogen and oxygen atoms in total. The number of piperidine rings is 1. The standard InChI is InChI=1S/C12H18N4.ClH/c1-16-4-2-3-8-5-10-9(6-11(8)16)7-14-12(13)15-10;/h7-8,11H,2-6H2,1H3,(H2,13,14,15);1H. The van der Waals surface area contributed by atoms with Crippen molar-refractivity contribution in [3.8, 4) is 0 Å². The summed E-state index contributed by atoms with van der Waals surface area (Å²) in [5, 5.41) is 0. The van der Waals surface area contributed by atoms with Crippen LogP contribution in [0.3, 0.4) is 0 Å². The number of fused-ring (bicyclic) bond motifs is 2. The zero-order valence-electron chi connectivity index (χ0n) is 10.1. The van der Waals surface area contributed by atoms with E-state index >= 15 is 0 Å². The van der Waals surface area contributed by atoms with Crippen LogP contribution < -0.4 is 5.73 Å². The number of hydrogen-bond donors (Lipinski definition) is 1. The molecular formula is C12H19ClN4. The molecule has 2 atom stereocenters. The van der Waals surface area contributed by atoms with E-state index in [1.165, 1.54) is 30.6 Å². The first kappa shape index (κ1) is 12.6. The Labute approximate surface area is 108 Å². The van der Waals surface area contributed by atoms with Crippen LogP contribution in [0.2, 0.25) is 0 Å². The Balaban J connectivity index is 0.00000108. The number of anilines is 1. The lowest BCUT2D eigenvalue weighted by Crippen LogP contribution is -2.47. The topological polar surface area (TPSA) is 55.0 Å². The Bertz CT molecular complexity index is 409. The van der Waals surface area contributed by atoms with Crippen molar-refractivity contribution in [1.82, 2.24) is 14.9 Å². The van der Waals surface area contributed by atoms with Crippen LogP contribution in [0.25, 0.3) is 0 Å². The third-order valence-corrected chi connectivity index (χ3v) is 4.05. The van der Waals surface area contributed by atoms with Gasteiger partial charge in [-0.25, -0.2) is 9.97 Å². The molecule has 17 heavy (non-hydrogen) atoms. The highest BCUT2D eigenvalue weighted by Gasteiger charge is 2.34. The maximum atomic E-state index is 5.64. The molecule has 2 N–H and O–H groups in total. The molecule has 0 amide bonds. The van der Waals surface area contributed by atoms with Crippen LogP contribution in [-0.4, -0.2) is 34.5 Å². The second kappa shape index (κ2) is 4.78. The summed E-state index contributed by atoms with van der Waals surface area (Å²) >= 11 is 0. The maximum absolute atomic E-state index is 5.64. The second-order valence-electron chi connectivity index (χ2n) is 5.06. The Morgan fingerprint density at radius 2 is 2.24 bits per heavy atom. The minimum atomic E-state index is 0. The molecular weight excluding hydrogens is 236 g/mol. The first-order valence-electron chi connectivity index (χ1n) is 6.04. The van der Waals surface area contributed by atoms with Crippen molar-refractivity contribution in [1.29, 1.82) is 0 Å². The van der Waals surface area contributed by atoms with Gasteiger partial charge in [0.25, 0.3) is 0 Å². The molecule has 2 heterocycles. The van der Waals surface area contributed by atoms with Crippen LogP contribution in [0.5, 0.6) is 0 Å². The van der Waals surface area contributed by atoms with Crippen LogP contribution in [-0.2, 0) is 12.8 Å². The van der Waals surface area contributed by atoms with Gasteiger partial charge in [0.2, 0.25) is 5.95 Å². The molecule has 0 bridgehead atoms. The van der Waals surface area contributed by atoms with E-state index < -0.39 is 0 Å². The molecule has 0 aromatic carbocycles. The summed E-state index contributed by atoms with van der Waals surface area (Å²) in [5.41, 5.74) is 8.12. The molecule has 94 valence electrons. The molecule has 1 saturated heterocycles. The van der Waals surface area contributed by atoms with Gasteiger partial charge >= 0.3 is 0 Å². The van der Waals surface area contributed by atoms with Crippen LogP contribution in [0, 0.1) is 5.92 Å². The molecule has 1 fully saturated rings. The quantitative estimate of drug-likeness (QED) is 0.758. The fourth-order valence-electron chi connectivity index (χ4n) is 3.16. The number of halogens is 1. The molecule has 0 spiro atoms. The number of aromatic nitrogens is 2. The number of nitrogen functional groups attached to an aromatic ring is 1.